The molecule has 170 valence electrons. The molecule has 0 aromatic heterocycles. The minimum absolute atomic E-state index is 0.0343. The quantitative estimate of drug-likeness (QED) is 0.525. The van der Waals surface area contributed by atoms with Gasteiger partial charge in [0.2, 0.25) is 5.91 Å². The van der Waals surface area contributed by atoms with Gasteiger partial charge in [0, 0.05) is 31.2 Å². The van der Waals surface area contributed by atoms with Gasteiger partial charge in [0.1, 0.15) is 0 Å². The van der Waals surface area contributed by atoms with E-state index >= 15 is 0 Å². The third-order valence-corrected chi connectivity index (χ3v) is 6.24. The number of rotatable bonds is 7. The van der Waals surface area contributed by atoms with E-state index in [9.17, 15) is 9.59 Å². The molecule has 1 aliphatic heterocycles. The number of para-hydroxylation sites is 1. The molecule has 1 heterocycles. The number of piperidine rings is 1. The fourth-order valence-corrected chi connectivity index (χ4v) is 4.48. The summed E-state index contributed by atoms with van der Waals surface area (Å²) in [6.07, 6.45) is 2.46. The minimum atomic E-state index is -0.174. The molecule has 4 rings (SSSR count). The highest BCUT2D eigenvalue weighted by Gasteiger charge is 2.28. The van der Waals surface area contributed by atoms with Crippen molar-refractivity contribution in [1.29, 1.82) is 0 Å². The number of likely N-dealkylation sites (tertiary alicyclic amines) is 1. The number of carbonyl (C=O) groups excluding carboxylic acids is 2. The highest BCUT2D eigenvalue weighted by Crippen LogP contribution is 2.27. The van der Waals surface area contributed by atoms with Crippen molar-refractivity contribution >= 4 is 17.6 Å². The lowest BCUT2D eigenvalue weighted by atomic mass is 9.88. The molecule has 1 saturated heterocycles. The predicted molar refractivity (Wildman–Crippen MR) is 132 cm³/mol. The molecular formula is C28H31N3O2. The van der Waals surface area contributed by atoms with Gasteiger partial charge in [0.15, 0.2) is 0 Å². The topological polar surface area (TPSA) is 61.4 Å². The second-order valence-electron chi connectivity index (χ2n) is 8.54. The SMILES string of the molecule is O=C(NCCC(c1ccccc1)c1ccccc1)[C@H]1CCCN(C(=O)Nc2ccccc2)C1. The van der Waals surface area contributed by atoms with Crippen molar-refractivity contribution in [3.05, 3.63) is 102 Å². The number of amides is 3. The highest BCUT2D eigenvalue weighted by atomic mass is 16.2. The highest BCUT2D eigenvalue weighted by molar-refractivity contribution is 5.90. The molecule has 3 aromatic carbocycles. The normalized spacial score (nSPS) is 15.8. The lowest BCUT2D eigenvalue weighted by molar-refractivity contribution is -0.126. The van der Waals surface area contributed by atoms with E-state index in [2.05, 4.69) is 59.2 Å². The van der Waals surface area contributed by atoms with Crippen LogP contribution in [0.15, 0.2) is 91.0 Å². The standard InChI is InChI=1S/C28H31N3O2/c32-27(24-15-10-20-31(21-24)28(33)30-25-16-8-3-9-17-25)29-19-18-26(22-11-4-1-5-12-22)23-13-6-2-7-14-23/h1-9,11-14,16-17,24,26H,10,15,18-21H2,(H,29,32)(H,30,33)/t24-/m0/s1. The number of nitrogens with zero attached hydrogens (tertiary/aromatic N) is 1. The average molecular weight is 442 g/mol. The lowest BCUT2D eigenvalue weighted by Crippen LogP contribution is -2.47. The number of anilines is 1. The van der Waals surface area contributed by atoms with E-state index in [-0.39, 0.29) is 23.8 Å². The summed E-state index contributed by atoms with van der Waals surface area (Å²) in [6, 6.07) is 30.1. The Hall–Kier alpha value is -3.60. The van der Waals surface area contributed by atoms with Gasteiger partial charge in [-0.05, 0) is 42.5 Å². The van der Waals surface area contributed by atoms with E-state index in [1.165, 1.54) is 11.1 Å². The van der Waals surface area contributed by atoms with Gasteiger partial charge < -0.3 is 15.5 Å². The Balaban J connectivity index is 1.31. The number of nitrogens with one attached hydrogen (secondary N) is 2. The van der Waals surface area contributed by atoms with Gasteiger partial charge in [-0.15, -0.1) is 0 Å². The lowest BCUT2D eigenvalue weighted by Gasteiger charge is -2.32. The molecule has 3 aromatic rings. The largest absolute Gasteiger partial charge is 0.356 e. The average Bonchev–Trinajstić information content (AvgIpc) is 2.88. The zero-order valence-corrected chi connectivity index (χ0v) is 18.8. The van der Waals surface area contributed by atoms with Crippen LogP contribution in [0.1, 0.15) is 36.3 Å². The van der Waals surface area contributed by atoms with Gasteiger partial charge in [0.05, 0.1) is 5.92 Å². The van der Waals surface area contributed by atoms with Crippen LogP contribution in [0.2, 0.25) is 0 Å². The van der Waals surface area contributed by atoms with E-state index in [1.807, 2.05) is 42.5 Å². The molecule has 3 amide bonds. The maximum Gasteiger partial charge on any atom is 0.321 e. The molecule has 1 aliphatic rings. The van der Waals surface area contributed by atoms with Gasteiger partial charge in [-0.1, -0.05) is 78.9 Å². The molecule has 5 heteroatoms. The summed E-state index contributed by atoms with van der Waals surface area (Å²) in [5.41, 5.74) is 3.26. The molecule has 0 saturated carbocycles. The van der Waals surface area contributed by atoms with Crippen LogP contribution >= 0.6 is 0 Å². The number of carbonyl (C=O) groups is 2. The molecule has 33 heavy (non-hydrogen) atoms. The first kappa shape index (κ1) is 22.6. The molecule has 1 fully saturated rings. The summed E-state index contributed by atoms with van der Waals surface area (Å²) in [6.45, 7) is 1.72. The Morgan fingerprint density at radius 2 is 1.42 bits per heavy atom. The second-order valence-corrected chi connectivity index (χ2v) is 8.54. The molecule has 0 spiro atoms. The molecule has 0 aliphatic carbocycles. The zero-order valence-electron chi connectivity index (χ0n) is 18.8. The first-order valence-corrected chi connectivity index (χ1v) is 11.7. The Kier molecular flexibility index (Phi) is 7.75. The zero-order chi connectivity index (χ0) is 22.9. The molecule has 0 bridgehead atoms. The smallest absolute Gasteiger partial charge is 0.321 e. The second kappa shape index (κ2) is 11.3. The molecule has 2 N–H and O–H groups in total. The maximum absolute atomic E-state index is 12.9. The van der Waals surface area contributed by atoms with Gasteiger partial charge in [-0.3, -0.25) is 4.79 Å². The van der Waals surface area contributed by atoms with Gasteiger partial charge >= 0.3 is 6.03 Å². The van der Waals surface area contributed by atoms with Crippen LogP contribution < -0.4 is 10.6 Å². The third kappa shape index (κ3) is 6.22. The van der Waals surface area contributed by atoms with Crippen LogP contribution in [0, 0.1) is 5.92 Å². The summed E-state index contributed by atoms with van der Waals surface area (Å²) in [4.78, 5) is 27.3. The number of hydrogen-bond acceptors (Lipinski definition) is 2. The minimum Gasteiger partial charge on any atom is -0.356 e. The molecule has 0 radical (unpaired) electrons. The van der Waals surface area contributed by atoms with E-state index in [4.69, 9.17) is 0 Å². The Labute approximate surface area is 195 Å². The van der Waals surface area contributed by atoms with Crippen molar-refractivity contribution in [2.24, 2.45) is 5.92 Å². The number of hydrogen-bond donors (Lipinski definition) is 2. The predicted octanol–water partition coefficient (Wildman–Crippen LogP) is 5.27. The van der Waals surface area contributed by atoms with E-state index in [0.29, 0.717) is 19.6 Å². The molecule has 0 unspecified atom stereocenters. The van der Waals surface area contributed by atoms with Crippen molar-refractivity contribution in [3.8, 4) is 0 Å². The summed E-state index contributed by atoms with van der Waals surface area (Å²) in [7, 11) is 0. The Morgan fingerprint density at radius 3 is 2.03 bits per heavy atom. The molecule has 5 nitrogen and oxygen atoms in total. The monoisotopic (exact) mass is 441 g/mol. The van der Waals surface area contributed by atoms with Gasteiger partial charge in [-0.25, -0.2) is 4.79 Å². The maximum atomic E-state index is 12.9. The summed E-state index contributed by atoms with van der Waals surface area (Å²) >= 11 is 0. The van der Waals surface area contributed by atoms with E-state index < -0.39 is 0 Å². The number of benzene rings is 3. The summed E-state index contributed by atoms with van der Waals surface area (Å²) in [5.74, 6) is 0.0893. The fraction of sp³-hybridized carbons (Fsp3) is 0.286. The third-order valence-electron chi connectivity index (χ3n) is 6.24. The van der Waals surface area contributed by atoms with Crippen LogP contribution in [0.5, 0.6) is 0 Å². The van der Waals surface area contributed by atoms with Crippen molar-refractivity contribution in [2.75, 3.05) is 25.0 Å². The van der Waals surface area contributed by atoms with Crippen molar-refractivity contribution in [2.45, 2.75) is 25.2 Å². The van der Waals surface area contributed by atoms with Crippen LogP contribution in [0.4, 0.5) is 10.5 Å². The van der Waals surface area contributed by atoms with Crippen LogP contribution in [0.3, 0.4) is 0 Å². The Bertz CT molecular complexity index is 985. The summed E-state index contributed by atoms with van der Waals surface area (Å²) < 4.78 is 0. The molecule has 1 atom stereocenters. The van der Waals surface area contributed by atoms with Gasteiger partial charge in [0.25, 0.3) is 0 Å². The number of urea groups is 1. The first-order chi connectivity index (χ1) is 16.2. The van der Waals surface area contributed by atoms with Crippen LogP contribution in [0.25, 0.3) is 0 Å². The van der Waals surface area contributed by atoms with Crippen molar-refractivity contribution in [3.63, 3.8) is 0 Å². The van der Waals surface area contributed by atoms with Crippen molar-refractivity contribution < 1.29 is 9.59 Å². The van der Waals surface area contributed by atoms with E-state index in [1.54, 1.807) is 4.90 Å². The van der Waals surface area contributed by atoms with Gasteiger partial charge in [-0.2, -0.15) is 0 Å². The summed E-state index contributed by atoms with van der Waals surface area (Å²) in [5, 5.41) is 6.06. The first-order valence-electron chi connectivity index (χ1n) is 11.7. The van der Waals surface area contributed by atoms with Crippen molar-refractivity contribution in [1.82, 2.24) is 10.2 Å². The molecular weight excluding hydrogens is 410 g/mol. The Morgan fingerprint density at radius 1 is 0.848 bits per heavy atom. The fourth-order valence-electron chi connectivity index (χ4n) is 4.48. The van der Waals surface area contributed by atoms with E-state index in [0.717, 1.165) is 24.9 Å². The van der Waals surface area contributed by atoms with Crippen LogP contribution in [-0.2, 0) is 4.79 Å². The van der Waals surface area contributed by atoms with Crippen LogP contribution in [-0.4, -0.2) is 36.5 Å².